The Morgan fingerprint density at radius 3 is 2.79 bits per heavy atom. The molecule has 1 aromatic heterocycles. The Morgan fingerprint density at radius 2 is 2.00 bits per heavy atom. The molecule has 1 aliphatic rings. The molecule has 1 N–H and O–H groups in total. The van der Waals surface area contributed by atoms with Crippen molar-refractivity contribution in [3.05, 3.63) is 36.1 Å². The second-order valence-corrected chi connectivity index (χ2v) is 6.49. The minimum Gasteiger partial charge on any atom is -0.464 e. The van der Waals surface area contributed by atoms with E-state index in [1.807, 2.05) is 30.2 Å². The minimum atomic E-state index is 0.678. The molecule has 1 fully saturated rings. The molecule has 0 aliphatic heterocycles. The van der Waals surface area contributed by atoms with Gasteiger partial charge >= 0.3 is 0 Å². The fourth-order valence-electron chi connectivity index (χ4n) is 2.93. The predicted molar refractivity (Wildman–Crippen MR) is 82.6 cm³/mol. The Bertz CT molecular complexity index is 528. The summed E-state index contributed by atoms with van der Waals surface area (Å²) < 4.78 is 5.58. The van der Waals surface area contributed by atoms with Crippen LogP contribution in [-0.2, 0) is 6.54 Å². The molecule has 0 bridgehead atoms. The number of fused-ring (bicyclic) bond motifs is 1. The van der Waals surface area contributed by atoms with Crippen molar-refractivity contribution in [2.24, 2.45) is 0 Å². The number of para-hydroxylation sites is 1. The highest BCUT2D eigenvalue weighted by Gasteiger charge is 2.20. The highest BCUT2D eigenvalue weighted by Crippen LogP contribution is 2.27. The van der Waals surface area contributed by atoms with Crippen LogP contribution in [0, 0.1) is 0 Å². The summed E-state index contributed by atoms with van der Waals surface area (Å²) in [5.41, 5.74) is 2.27. The van der Waals surface area contributed by atoms with Crippen molar-refractivity contribution in [3.63, 3.8) is 0 Å². The van der Waals surface area contributed by atoms with Crippen molar-refractivity contribution in [2.75, 3.05) is 6.26 Å². The Kier molecular flexibility index (Phi) is 4.14. The summed E-state index contributed by atoms with van der Waals surface area (Å²) in [4.78, 5) is 0. The zero-order chi connectivity index (χ0) is 13.1. The molecule has 102 valence electrons. The van der Waals surface area contributed by atoms with Gasteiger partial charge in [0.2, 0.25) is 0 Å². The highest BCUT2D eigenvalue weighted by atomic mass is 32.2. The lowest BCUT2D eigenvalue weighted by Crippen LogP contribution is -2.33. The molecular formula is C16H21NOS. The Balaban J connectivity index is 1.58. The van der Waals surface area contributed by atoms with Gasteiger partial charge in [0.05, 0.1) is 6.26 Å². The van der Waals surface area contributed by atoms with Gasteiger partial charge in [-0.25, -0.2) is 0 Å². The van der Waals surface area contributed by atoms with Gasteiger partial charge < -0.3 is 9.73 Å². The zero-order valence-corrected chi connectivity index (χ0v) is 12.2. The van der Waals surface area contributed by atoms with E-state index in [0.717, 1.165) is 17.4 Å². The van der Waals surface area contributed by atoms with Crippen molar-refractivity contribution < 1.29 is 4.42 Å². The van der Waals surface area contributed by atoms with Gasteiger partial charge in [0.25, 0.3) is 0 Å². The molecule has 1 heterocycles. The van der Waals surface area contributed by atoms with Gasteiger partial charge in [-0.1, -0.05) is 18.2 Å². The first-order valence-electron chi connectivity index (χ1n) is 7.08. The first-order chi connectivity index (χ1) is 9.36. The smallest absolute Gasteiger partial charge is 0.134 e. The van der Waals surface area contributed by atoms with Crippen LogP contribution in [0.25, 0.3) is 11.0 Å². The van der Waals surface area contributed by atoms with E-state index in [1.54, 1.807) is 0 Å². The Labute approximate surface area is 118 Å². The fraction of sp³-hybridized carbons (Fsp3) is 0.500. The third kappa shape index (κ3) is 2.98. The van der Waals surface area contributed by atoms with Gasteiger partial charge in [-0.3, -0.25) is 0 Å². The van der Waals surface area contributed by atoms with Crippen molar-refractivity contribution in [3.8, 4) is 0 Å². The molecule has 3 heteroatoms. The minimum absolute atomic E-state index is 0.678. The third-order valence-electron chi connectivity index (χ3n) is 4.15. The second-order valence-electron chi connectivity index (χ2n) is 5.35. The summed E-state index contributed by atoms with van der Waals surface area (Å²) in [5, 5.41) is 5.82. The first kappa shape index (κ1) is 13.1. The Hall–Kier alpha value is -0.930. The summed E-state index contributed by atoms with van der Waals surface area (Å²) in [6, 6.07) is 8.94. The maximum absolute atomic E-state index is 5.58. The second kappa shape index (κ2) is 6.02. The van der Waals surface area contributed by atoms with E-state index >= 15 is 0 Å². The average Bonchev–Trinajstić information content (AvgIpc) is 2.89. The predicted octanol–water partition coefficient (Wildman–Crippen LogP) is 4.20. The SMILES string of the molecule is CSC1CCC(NCc2coc3ccccc23)CC1. The maximum atomic E-state index is 5.58. The molecule has 0 unspecified atom stereocenters. The van der Waals surface area contributed by atoms with E-state index in [9.17, 15) is 0 Å². The normalized spacial score (nSPS) is 23.8. The molecule has 2 nitrogen and oxygen atoms in total. The van der Waals surface area contributed by atoms with Gasteiger partial charge in [0.15, 0.2) is 0 Å². The van der Waals surface area contributed by atoms with Crippen LogP contribution in [0.3, 0.4) is 0 Å². The van der Waals surface area contributed by atoms with Gasteiger partial charge in [0.1, 0.15) is 5.58 Å². The van der Waals surface area contributed by atoms with Crippen LogP contribution in [0.5, 0.6) is 0 Å². The molecular weight excluding hydrogens is 254 g/mol. The van der Waals surface area contributed by atoms with Gasteiger partial charge in [-0.15, -0.1) is 0 Å². The monoisotopic (exact) mass is 275 g/mol. The molecule has 0 saturated heterocycles. The van der Waals surface area contributed by atoms with Gasteiger partial charge in [0, 0.05) is 28.8 Å². The topological polar surface area (TPSA) is 25.2 Å². The molecule has 0 spiro atoms. The number of furan rings is 1. The van der Waals surface area contributed by atoms with Gasteiger partial charge in [-0.2, -0.15) is 11.8 Å². The summed E-state index contributed by atoms with van der Waals surface area (Å²) in [6.45, 7) is 0.922. The summed E-state index contributed by atoms with van der Waals surface area (Å²) in [5.74, 6) is 0. The van der Waals surface area contributed by atoms with Crippen LogP contribution >= 0.6 is 11.8 Å². The van der Waals surface area contributed by atoms with Crippen LogP contribution < -0.4 is 5.32 Å². The van der Waals surface area contributed by atoms with Crippen LogP contribution in [-0.4, -0.2) is 17.5 Å². The van der Waals surface area contributed by atoms with E-state index in [2.05, 4.69) is 23.7 Å². The first-order valence-corrected chi connectivity index (χ1v) is 8.37. The number of rotatable bonds is 4. The van der Waals surface area contributed by atoms with Crippen molar-refractivity contribution in [1.29, 1.82) is 0 Å². The number of nitrogens with one attached hydrogen (secondary N) is 1. The standard InChI is InChI=1S/C16H21NOS/c1-19-14-8-6-13(7-9-14)17-10-12-11-18-16-5-3-2-4-15(12)16/h2-5,11,13-14,17H,6-10H2,1H3. The lowest BCUT2D eigenvalue weighted by molar-refractivity contribution is 0.378. The molecule has 1 saturated carbocycles. The summed E-state index contributed by atoms with van der Waals surface area (Å²) in [6.07, 6.45) is 9.44. The summed E-state index contributed by atoms with van der Waals surface area (Å²) >= 11 is 2.02. The van der Waals surface area contributed by atoms with Crippen LogP contribution in [0.1, 0.15) is 31.2 Å². The van der Waals surface area contributed by atoms with Crippen LogP contribution in [0.2, 0.25) is 0 Å². The van der Waals surface area contributed by atoms with E-state index in [-0.39, 0.29) is 0 Å². The molecule has 1 aromatic carbocycles. The molecule has 0 atom stereocenters. The van der Waals surface area contributed by atoms with Gasteiger partial charge in [-0.05, 0) is 38.0 Å². The number of hydrogen-bond donors (Lipinski definition) is 1. The average molecular weight is 275 g/mol. The number of thioether (sulfide) groups is 1. The number of benzene rings is 1. The largest absolute Gasteiger partial charge is 0.464 e. The van der Waals surface area contributed by atoms with E-state index in [0.29, 0.717) is 6.04 Å². The zero-order valence-electron chi connectivity index (χ0n) is 11.4. The maximum Gasteiger partial charge on any atom is 0.134 e. The van der Waals surface area contributed by atoms with E-state index < -0.39 is 0 Å². The van der Waals surface area contributed by atoms with Crippen LogP contribution in [0.4, 0.5) is 0 Å². The lowest BCUT2D eigenvalue weighted by atomic mass is 9.95. The van der Waals surface area contributed by atoms with Crippen molar-refractivity contribution >= 4 is 22.7 Å². The summed E-state index contributed by atoms with van der Waals surface area (Å²) in [7, 11) is 0. The highest BCUT2D eigenvalue weighted by molar-refractivity contribution is 7.99. The molecule has 0 radical (unpaired) electrons. The molecule has 0 amide bonds. The third-order valence-corrected chi connectivity index (χ3v) is 5.29. The van der Waals surface area contributed by atoms with E-state index in [1.165, 1.54) is 36.6 Å². The van der Waals surface area contributed by atoms with Crippen molar-refractivity contribution in [1.82, 2.24) is 5.32 Å². The Morgan fingerprint density at radius 1 is 1.21 bits per heavy atom. The van der Waals surface area contributed by atoms with Crippen LogP contribution in [0.15, 0.2) is 34.9 Å². The quantitative estimate of drug-likeness (QED) is 0.905. The lowest BCUT2D eigenvalue weighted by Gasteiger charge is -2.28. The van der Waals surface area contributed by atoms with E-state index in [4.69, 9.17) is 4.42 Å². The molecule has 19 heavy (non-hydrogen) atoms. The molecule has 3 rings (SSSR count). The fourth-order valence-corrected chi connectivity index (χ4v) is 3.67. The van der Waals surface area contributed by atoms with Crippen molar-refractivity contribution in [2.45, 2.75) is 43.5 Å². The molecule has 1 aliphatic carbocycles. The molecule has 2 aromatic rings. The number of hydrogen-bond acceptors (Lipinski definition) is 3.